The van der Waals surface area contributed by atoms with Crippen molar-refractivity contribution in [1.29, 1.82) is 0 Å². The number of nitrogens with two attached hydrogens (primary N) is 1. The smallest absolute Gasteiger partial charge is 0.203 e. The molecule has 0 bridgehead atoms. The third-order valence-corrected chi connectivity index (χ3v) is 2.78. The Kier molecular flexibility index (Phi) is 2.41. The van der Waals surface area contributed by atoms with E-state index < -0.39 is 16.7 Å². The minimum Gasteiger partial charge on any atom is -0.362 e. The van der Waals surface area contributed by atoms with Crippen LogP contribution in [0.4, 0.5) is 14.5 Å². The fourth-order valence-corrected chi connectivity index (χ4v) is 2.04. The Morgan fingerprint density at radius 1 is 1.33 bits per heavy atom. The summed E-state index contributed by atoms with van der Waals surface area (Å²) in [5.41, 5.74) is 5.11. The number of anilines is 1. The molecule has 3 N–H and O–H groups in total. The van der Waals surface area contributed by atoms with Gasteiger partial charge in [-0.2, -0.15) is 0 Å². The van der Waals surface area contributed by atoms with Gasteiger partial charge in [0.1, 0.15) is 5.69 Å². The van der Waals surface area contributed by atoms with Gasteiger partial charge in [0.15, 0.2) is 11.6 Å². The molecule has 6 heteroatoms. The predicted octanol–water partition coefficient (Wildman–Crippen LogP) is 1.55. The van der Waals surface area contributed by atoms with E-state index in [9.17, 15) is 13.9 Å². The molecule has 0 amide bonds. The molecule has 0 saturated heterocycles. The van der Waals surface area contributed by atoms with Gasteiger partial charge in [-0.1, -0.05) is 6.07 Å². The van der Waals surface area contributed by atoms with Gasteiger partial charge in [0, 0.05) is 18.1 Å². The molecule has 0 aliphatic carbocycles. The molecule has 2 rings (SSSR count). The maximum Gasteiger partial charge on any atom is 0.203 e. The van der Waals surface area contributed by atoms with Crippen LogP contribution < -0.4 is 10.0 Å². The minimum atomic E-state index is -1.62. The fraction of sp³-hybridized carbons (Fsp3) is 0.111. The van der Waals surface area contributed by atoms with E-state index >= 15 is 0 Å². The molecule has 1 aromatic rings. The third-order valence-electron chi connectivity index (χ3n) is 1.85. The quantitative estimate of drug-likeness (QED) is 0.567. The average Bonchev–Trinajstić information content (AvgIpc) is 2.46. The molecule has 80 valence electrons. The van der Waals surface area contributed by atoms with Crippen molar-refractivity contribution < 1.29 is 13.9 Å². The average molecular weight is 230 g/mol. The first-order valence-corrected chi connectivity index (χ1v) is 4.90. The molecule has 1 unspecified atom stereocenters. The molecule has 0 aromatic heterocycles. The topological polar surface area (TPSA) is 49.5 Å². The lowest BCUT2D eigenvalue weighted by molar-refractivity contribution is 0.198. The Bertz CT molecular complexity index is 402. The standard InChI is InChI=1S/C9H8F2N2OS/c10-6-2-1-3-7(11)8(6)13-5-4-9(12,14)15-13/h1-5,14H,12H2. The first-order valence-electron chi connectivity index (χ1n) is 4.12. The number of halogens is 2. The summed E-state index contributed by atoms with van der Waals surface area (Å²) in [5, 5.41) is 7.76. The third kappa shape index (κ3) is 1.97. The van der Waals surface area contributed by atoms with E-state index in [1.165, 1.54) is 18.3 Å². The van der Waals surface area contributed by atoms with Crippen molar-refractivity contribution in [2.75, 3.05) is 4.31 Å². The van der Waals surface area contributed by atoms with Crippen molar-refractivity contribution in [3.05, 3.63) is 42.1 Å². The maximum atomic E-state index is 13.3. The van der Waals surface area contributed by atoms with E-state index in [-0.39, 0.29) is 5.69 Å². The first kappa shape index (κ1) is 10.4. The molecule has 0 saturated carbocycles. The Labute approximate surface area is 89.3 Å². The molecule has 0 spiro atoms. The number of para-hydroxylation sites is 1. The highest BCUT2D eigenvalue weighted by Gasteiger charge is 2.31. The number of hydrogen-bond donors (Lipinski definition) is 2. The van der Waals surface area contributed by atoms with Crippen molar-refractivity contribution in [1.82, 2.24) is 0 Å². The molecule has 1 aliphatic rings. The van der Waals surface area contributed by atoms with Crippen LogP contribution >= 0.6 is 11.9 Å². The minimum absolute atomic E-state index is 0.236. The van der Waals surface area contributed by atoms with E-state index in [0.717, 1.165) is 28.4 Å². The number of rotatable bonds is 1. The summed E-state index contributed by atoms with van der Waals surface area (Å²) in [4.78, 5) is 0. The fourth-order valence-electron chi connectivity index (χ4n) is 1.21. The molecular weight excluding hydrogens is 222 g/mol. The Balaban J connectivity index is 2.37. The summed E-state index contributed by atoms with van der Waals surface area (Å²) in [5.74, 6) is -1.41. The number of hydrogen-bond acceptors (Lipinski definition) is 4. The number of aliphatic hydroxyl groups is 1. The second-order valence-corrected chi connectivity index (χ2v) is 4.28. The van der Waals surface area contributed by atoms with Crippen LogP contribution in [0.5, 0.6) is 0 Å². The molecule has 15 heavy (non-hydrogen) atoms. The van der Waals surface area contributed by atoms with Crippen LogP contribution in [-0.4, -0.2) is 10.2 Å². The monoisotopic (exact) mass is 230 g/mol. The maximum absolute atomic E-state index is 13.3. The molecule has 1 aliphatic heterocycles. The highest BCUT2D eigenvalue weighted by molar-refractivity contribution is 8.02. The summed E-state index contributed by atoms with van der Waals surface area (Å²) in [6.07, 6.45) is 2.58. The summed E-state index contributed by atoms with van der Waals surface area (Å²) < 4.78 is 27.8. The van der Waals surface area contributed by atoms with Gasteiger partial charge in [-0.15, -0.1) is 0 Å². The van der Waals surface area contributed by atoms with Gasteiger partial charge in [-0.3, -0.25) is 10.0 Å². The number of benzene rings is 1. The van der Waals surface area contributed by atoms with Gasteiger partial charge in [-0.25, -0.2) is 8.78 Å². The van der Waals surface area contributed by atoms with Crippen molar-refractivity contribution in [3.8, 4) is 0 Å². The van der Waals surface area contributed by atoms with Crippen LogP contribution in [-0.2, 0) is 0 Å². The van der Waals surface area contributed by atoms with Crippen LogP contribution in [0.1, 0.15) is 0 Å². The van der Waals surface area contributed by atoms with E-state index in [4.69, 9.17) is 5.73 Å². The van der Waals surface area contributed by atoms with Crippen molar-refractivity contribution in [2.24, 2.45) is 5.73 Å². The van der Waals surface area contributed by atoms with Crippen molar-refractivity contribution in [2.45, 2.75) is 5.06 Å². The Morgan fingerprint density at radius 3 is 2.40 bits per heavy atom. The van der Waals surface area contributed by atoms with E-state index in [1.807, 2.05) is 0 Å². The first-order chi connectivity index (χ1) is 6.99. The second-order valence-electron chi connectivity index (χ2n) is 3.05. The van der Waals surface area contributed by atoms with Gasteiger partial charge in [0.05, 0.1) is 0 Å². The predicted molar refractivity (Wildman–Crippen MR) is 54.7 cm³/mol. The zero-order valence-electron chi connectivity index (χ0n) is 7.52. The van der Waals surface area contributed by atoms with Gasteiger partial charge >= 0.3 is 0 Å². The van der Waals surface area contributed by atoms with Gasteiger partial charge in [0.2, 0.25) is 5.06 Å². The Hall–Kier alpha value is -1.11. The van der Waals surface area contributed by atoms with E-state index in [0.29, 0.717) is 0 Å². The molecule has 1 aromatic carbocycles. The zero-order chi connectivity index (χ0) is 11.1. The molecular formula is C9H8F2N2OS. The molecule has 0 radical (unpaired) electrons. The summed E-state index contributed by atoms with van der Waals surface area (Å²) >= 11 is 0.725. The van der Waals surface area contributed by atoms with Crippen LogP contribution in [0.3, 0.4) is 0 Å². The van der Waals surface area contributed by atoms with Crippen LogP contribution in [0, 0.1) is 11.6 Å². The lowest BCUT2D eigenvalue weighted by atomic mass is 10.3. The summed E-state index contributed by atoms with van der Waals surface area (Å²) in [7, 11) is 0. The highest BCUT2D eigenvalue weighted by Crippen LogP contribution is 2.37. The zero-order valence-corrected chi connectivity index (χ0v) is 8.34. The summed E-state index contributed by atoms with van der Waals surface area (Å²) in [6.45, 7) is 0. The summed E-state index contributed by atoms with van der Waals surface area (Å²) in [6, 6.07) is 3.55. The largest absolute Gasteiger partial charge is 0.362 e. The molecule has 3 nitrogen and oxygen atoms in total. The normalized spacial score (nSPS) is 24.9. The lowest BCUT2D eigenvalue weighted by Gasteiger charge is -2.19. The lowest BCUT2D eigenvalue weighted by Crippen LogP contribution is -2.32. The molecule has 1 heterocycles. The van der Waals surface area contributed by atoms with Crippen molar-refractivity contribution >= 4 is 17.6 Å². The van der Waals surface area contributed by atoms with Gasteiger partial charge < -0.3 is 5.11 Å². The van der Waals surface area contributed by atoms with E-state index in [1.54, 1.807) is 0 Å². The van der Waals surface area contributed by atoms with Crippen molar-refractivity contribution in [3.63, 3.8) is 0 Å². The van der Waals surface area contributed by atoms with E-state index in [2.05, 4.69) is 0 Å². The SMILES string of the molecule is NC1(O)C=CN(c2c(F)cccc2F)S1. The van der Waals surface area contributed by atoms with Crippen LogP contribution in [0.25, 0.3) is 0 Å². The van der Waals surface area contributed by atoms with Crippen LogP contribution in [0.2, 0.25) is 0 Å². The molecule has 0 fully saturated rings. The molecule has 1 atom stereocenters. The van der Waals surface area contributed by atoms with Crippen LogP contribution in [0.15, 0.2) is 30.5 Å². The Morgan fingerprint density at radius 2 is 1.93 bits per heavy atom. The van der Waals surface area contributed by atoms with Gasteiger partial charge in [0.25, 0.3) is 0 Å². The van der Waals surface area contributed by atoms with Gasteiger partial charge in [-0.05, 0) is 18.2 Å². The number of nitrogens with zero attached hydrogens (tertiary/aromatic N) is 1. The highest BCUT2D eigenvalue weighted by atomic mass is 32.2. The second kappa shape index (κ2) is 3.48.